The molecule has 0 spiro atoms. The van der Waals surface area contributed by atoms with E-state index in [0.717, 1.165) is 58.9 Å². The number of likely N-dealkylation sites (N-methyl/N-ethyl adjacent to an activating group) is 1. The first-order valence-corrected chi connectivity index (χ1v) is 9.50. The van der Waals surface area contributed by atoms with E-state index in [1.807, 2.05) is 38.5 Å². The number of Topliss-reactive ketones (excluding diaryl/α,β-unsaturated/α-hetero) is 1. The maximum Gasteiger partial charge on any atom is 0.159 e. The lowest BCUT2D eigenvalue weighted by molar-refractivity contribution is 0.101. The lowest BCUT2D eigenvalue weighted by atomic mass is 10.1. The second-order valence-electron chi connectivity index (χ2n) is 7.67. The molecule has 2 heterocycles. The maximum atomic E-state index is 11.8. The Morgan fingerprint density at radius 1 is 1.22 bits per heavy atom. The van der Waals surface area contributed by atoms with Crippen LogP contribution in [0.5, 0.6) is 0 Å². The quantitative estimate of drug-likeness (QED) is 0.513. The van der Waals surface area contributed by atoms with Crippen molar-refractivity contribution in [1.29, 1.82) is 0 Å². The van der Waals surface area contributed by atoms with Gasteiger partial charge in [0, 0.05) is 42.0 Å². The molecule has 0 amide bonds. The Morgan fingerprint density at radius 3 is 2.74 bits per heavy atom. The number of benzene rings is 1. The summed E-state index contributed by atoms with van der Waals surface area (Å²) in [5, 5.41) is 5.38. The van der Waals surface area contributed by atoms with Crippen molar-refractivity contribution in [3.05, 3.63) is 35.8 Å². The molecule has 1 saturated carbocycles. The lowest BCUT2D eigenvalue weighted by Crippen LogP contribution is -2.21. The van der Waals surface area contributed by atoms with Crippen molar-refractivity contribution in [1.82, 2.24) is 19.9 Å². The van der Waals surface area contributed by atoms with Crippen LogP contribution in [0.3, 0.4) is 0 Å². The van der Waals surface area contributed by atoms with E-state index < -0.39 is 0 Å². The van der Waals surface area contributed by atoms with Gasteiger partial charge < -0.3 is 10.2 Å². The van der Waals surface area contributed by atoms with E-state index in [1.165, 1.54) is 12.8 Å². The van der Waals surface area contributed by atoms with Gasteiger partial charge in [0.1, 0.15) is 11.3 Å². The first-order valence-electron chi connectivity index (χ1n) is 9.50. The molecule has 1 aliphatic rings. The molecule has 4 rings (SSSR count). The van der Waals surface area contributed by atoms with Gasteiger partial charge in [-0.15, -0.1) is 0 Å². The van der Waals surface area contributed by atoms with Crippen LogP contribution in [0.2, 0.25) is 0 Å². The molecule has 6 heteroatoms. The molecule has 140 valence electrons. The number of hydrogen-bond acceptors (Lipinski definition) is 6. The van der Waals surface area contributed by atoms with E-state index in [0.29, 0.717) is 5.56 Å². The van der Waals surface area contributed by atoms with Gasteiger partial charge in [0.05, 0.1) is 5.52 Å². The molecule has 0 bridgehead atoms. The minimum Gasteiger partial charge on any atom is -0.367 e. The van der Waals surface area contributed by atoms with Crippen molar-refractivity contribution in [2.45, 2.75) is 26.2 Å². The molecule has 0 aliphatic heterocycles. The van der Waals surface area contributed by atoms with Crippen molar-refractivity contribution >= 4 is 33.4 Å². The molecule has 1 aromatic carbocycles. The van der Waals surface area contributed by atoms with Crippen molar-refractivity contribution in [3.8, 4) is 0 Å². The van der Waals surface area contributed by atoms with Crippen LogP contribution in [-0.2, 0) is 6.42 Å². The van der Waals surface area contributed by atoms with Gasteiger partial charge in [-0.3, -0.25) is 4.79 Å². The smallest absolute Gasteiger partial charge is 0.159 e. The molecule has 6 nitrogen and oxygen atoms in total. The van der Waals surface area contributed by atoms with Crippen molar-refractivity contribution < 1.29 is 4.79 Å². The van der Waals surface area contributed by atoms with Gasteiger partial charge in [-0.1, -0.05) is 12.1 Å². The molecule has 1 N–H and O–H groups in total. The average Bonchev–Trinajstić information content (AvgIpc) is 3.45. The highest BCUT2D eigenvalue weighted by Gasteiger charge is 2.23. The molecule has 2 aromatic heterocycles. The molecule has 0 saturated heterocycles. The molecule has 0 radical (unpaired) electrons. The van der Waals surface area contributed by atoms with Crippen LogP contribution in [0.15, 0.2) is 24.4 Å². The topological polar surface area (TPSA) is 71.0 Å². The van der Waals surface area contributed by atoms with E-state index in [4.69, 9.17) is 9.97 Å². The van der Waals surface area contributed by atoms with E-state index in [9.17, 15) is 4.79 Å². The molecule has 27 heavy (non-hydrogen) atoms. The van der Waals surface area contributed by atoms with Crippen LogP contribution in [0, 0.1) is 5.92 Å². The molecular weight excluding hydrogens is 338 g/mol. The number of nitrogens with zero attached hydrogens (tertiary/aromatic N) is 4. The summed E-state index contributed by atoms with van der Waals surface area (Å²) < 4.78 is 0. The Balaban J connectivity index is 1.82. The van der Waals surface area contributed by atoms with Gasteiger partial charge >= 0.3 is 0 Å². The fourth-order valence-corrected chi connectivity index (χ4v) is 3.24. The van der Waals surface area contributed by atoms with Crippen molar-refractivity contribution in [2.75, 3.05) is 32.5 Å². The van der Waals surface area contributed by atoms with E-state index in [-0.39, 0.29) is 5.78 Å². The Kier molecular flexibility index (Phi) is 4.74. The van der Waals surface area contributed by atoms with E-state index >= 15 is 0 Å². The number of anilines is 1. The molecule has 1 fully saturated rings. The number of ketones is 1. The number of hydrogen-bond donors (Lipinski definition) is 1. The van der Waals surface area contributed by atoms with Crippen LogP contribution in [0.1, 0.15) is 35.9 Å². The Morgan fingerprint density at radius 2 is 2.04 bits per heavy atom. The largest absolute Gasteiger partial charge is 0.367 e. The highest BCUT2D eigenvalue weighted by Crippen LogP contribution is 2.33. The van der Waals surface area contributed by atoms with E-state index in [1.54, 1.807) is 6.92 Å². The normalized spacial score (nSPS) is 14.2. The zero-order chi connectivity index (χ0) is 19.0. The van der Waals surface area contributed by atoms with E-state index in [2.05, 4.69) is 15.2 Å². The molecule has 0 atom stereocenters. The predicted molar refractivity (Wildman–Crippen MR) is 108 cm³/mol. The zero-order valence-corrected chi connectivity index (χ0v) is 16.1. The maximum absolute atomic E-state index is 11.8. The third-order valence-corrected chi connectivity index (χ3v) is 5.01. The van der Waals surface area contributed by atoms with Gasteiger partial charge in [-0.2, -0.15) is 0 Å². The molecule has 3 aromatic rings. The predicted octanol–water partition coefficient (Wildman–Crippen LogP) is 3.31. The number of fused-ring (bicyclic) bond motifs is 3. The van der Waals surface area contributed by atoms with Gasteiger partial charge in [-0.25, -0.2) is 15.0 Å². The fraction of sp³-hybridized carbons (Fsp3) is 0.429. The SMILES string of the molecule is CC(=O)c1ccc2c(c1)nc(NCCN(C)C)c1nc(CC3CC3)ncc12. The van der Waals surface area contributed by atoms with Crippen LogP contribution in [0.4, 0.5) is 5.82 Å². The van der Waals surface area contributed by atoms with Crippen LogP contribution in [0.25, 0.3) is 21.8 Å². The van der Waals surface area contributed by atoms with Crippen LogP contribution < -0.4 is 5.32 Å². The van der Waals surface area contributed by atoms with Crippen molar-refractivity contribution in [2.24, 2.45) is 5.92 Å². The molecular formula is C21H25N5O. The number of carbonyl (C=O) groups excluding carboxylic acids is 1. The Bertz CT molecular complexity index is 1010. The summed E-state index contributed by atoms with van der Waals surface area (Å²) in [6.07, 6.45) is 5.40. The van der Waals surface area contributed by atoms with Gasteiger partial charge in [0.15, 0.2) is 11.6 Å². The van der Waals surface area contributed by atoms with Crippen LogP contribution in [-0.4, -0.2) is 52.8 Å². The summed E-state index contributed by atoms with van der Waals surface area (Å²) in [4.78, 5) is 28.1. The standard InChI is InChI=1S/C21H25N5O/c1-13(27)15-6-7-16-17-12-23-19(10-14-4-5-14)25-20(17)21(24-18(16)11-15)22-8-9-26(2)3/h6-7,11-12,14H,4-5,8-10H2,1-3H3,(H,22,24). The summed E-state index contributed by atoms with van der Waals surface area (Å²) in [6, 6.07) is 5.66. The third-order valence-electron chi connectivity index (χ3n) is 5.01. The Hall–Kier alpha value is -2.60. The molecule has 0 unspecified atom stereocenters. The van der Waals surface area contributed by atoms with Gasteiger partial charge in [-0.05, 0) is 45.8 Å². The Labute approximate surface area is 159 Å². The number of carbonyl (C=O) groups is 1. The summed E-state index contributed by atoms with van der Waals surface area (Å²) in [6.45, 7) is 3.25. The summed E-state index contributed by atoms with van der Waals surface area (Å²) in [7, 11) is 4.09. The summed E-state index contributed by atoms with van der Waals surface area (Å²) in [5.74, 6) is 2.43. The number of nitrogens with one attached hydrogen (secondary N) is 1. The second kappa shape index (κ2) is 7.19. The summed E-state index contributed by atoms with van der Waals surface area (Å²) in [5.41, 5.74) is 2.32. The number of pyridine rings is 1. The van der Waals surface area contributed by atoms with Crippen LogP contribution >= 0.6 is 0 Å². The second-order valence-corrected chi connectivity index (χ2v) is 7.67. The number of rotatable bonds is 7. The monoisotopic (exact) mass is 363 g/mol. The first-order chi connectivity index (χ1) is 13.0. The average molecular weight is 363 g/mol. The highest BCUT2D eigenvalue weighted by molar-refractivity contribution is 6.09. The summed E-state index contributed by atoms with van der Waals surface area (Å²) >= 11 is 0. The highest BCUT2D eigenvalue weighted by atomic mass is 16.1. The van der Waals surface area contributed by atoms with Gasteiger partial charge in [0.25, 0.3) is 0 Å². The lowest BCUT2D eigenvalue weighted by Gasteiger charge is -2.14. The zero-order valence-electron chi connectivity index (χ0n) is 16.1. The fourth-order valence-electron chi connectivity index (χ4n) is 3.24. The number of aromatic nitrogens is 3. The third kappa shape index (κ3) is 3.90. The van der Waals surface area contributed by atoms with Gasteiger partial charge in [0.2, 0.25) is 0 Å². The minimum absolute atomic E-state index is 0.0388. The first kappa shape index (κ1) is 17.8. The molecule has 1 aliphatic carbocycles. The minimum atomic E-state index is 0.0388. The van der Waals surface area contributed by atoms with Crippen molar-refractivity contribution in [3.63, 3.8) is 0 Å².